The van der Waals surface area contributed by atoms with E-state index in [0.717, 1.165) is 42.2 Å². The number of anilines is 1. The van der Waals surface area contributed by atoms with Gasteiger partial charge in [-0.05, 0) is 32.0 Å². The third-order valence-electron chi connectivity index (χ3n) is 5.12. The average Bonchev–Trinajstić information content (AvgIpc) is 3.00. The lowest BCUT2D eigenvalue weighted by Crippen LogP contribution is -2.44. The number of primary amides is 1. The number of halogens is 1. The van der Waals surface area contributed by atoms with E-state index in [1.165, 1.54) is 6.07 Å². The van der Waals surface area contributed by atoms with Crippen LogP contribution >= 0.6 is 0 Å². The maximum Gasteiger partial charge on any atom is 0.250 e. The summed E-state index contributed by atoms with van der Waals surface area (Å²) in [7, 11) is 1.93. The van der Waals surface area contributed by atoms with E-state index in [1.54, 1.807) is 0 Å². The Morgan fingerprint density at radius 1 is 1.40 bits per heavy atom. The lowest BCUT2D eigenvalue weighted by Gasteiger charge is -2.35. The van der Waals surface area contributed by atoms with Crippen molar-refractivity contribution in [2.24, 2.45) is 5.73 Å². The van der Waals surface area contributed by atoms with E-state index in [-0.39, 0.29) is 5.56 Å². The predicted octanol–water partition coefficient (Wildman–Crippen LogP) is 2.75. The van der Waals surface area contributed by atoms with Crippen molar-refractivity contribution in [2.45, 2.75) is 18.9 Å². The van der Waals surface area contributed by atoms with Gasteiger partial charge in [-0.1, -0.05) is 18.2 Å². The second-order valence-corrected chi connectivity index (χ2v) is 6.61. The Labute approximate surface area is 145 Å². The van der Waals surface area contributed by atoms with Crippen LogP contribution in [0.5, 0.6) is 0 Å². The lowest BCUT2D eigenvalue weighted by atomic mass is 10.0. The summed E-state index contributed by atoms with van der Waals surface area (Å²) in [6, 6.07) is 9.29. The maximum absolute atomic E-state index is 15.1. The summed E-state index contributed by atoms with van der Waals surface area (Å²) in [5.41, 5.74) is 7.71. The Bertz CT molecular complexity index is 965. The molecule has 0 spiro atoms. The molecular weight excluding hydrogens is 319 g/mol. The van der Waals surface area contributed by atoms with Crippen molar-refractivity contribution in [3.05, 3.63) is 41.7 Å². The summed E-state index contributed by atoms with van der Waals surface area (Å²) in [5, 5.41) is 4.93. The number of likely N-dealkylation sites (N-methyl/N-ethyl adjacent to an activating group) is 1. The summed E-state index contributed by atoms with van der Waals surface area (Å²) in [6.07, 6.45) is 2.07. The van der Waals surface area contributed by atoms with Crippen LogP contribution in [0.1, 0.15) is 23.2 Å². The molecule has 0 unspecified atom stereocenters. The molecule has 0 saturated carbocycles. The maximum atomic E-state index is 15.1. The van der Waals surface area contributed by atoms with Gasteiger partial charge in [0.25, 0.3) is 5.91 Å². The van der Waals surface area contributed by atoms with Gasteiger partial charge in [0.2, 0.25) is 0 Å². The summed E-state index contributed by atoms with van der Waals surface area (Å²) < 4.78 is 15.1. The zero-order chi connectivity index (χ0) is 17.6. The van der Waals surface area contributed by atoms with Crippen molar-refractivity contribution in [1.82, 2.24) is 10.3 Å². The molecule has 130 valence electrons. The van der Waals surface area contributed by atoms with E-state index in [2.05, 4.69) is 15.2 Å². The van der Waals surface area contributed by atoms with Gasteiger partial charge in [-0.15, -0.1) is 0 Å². The molecule has 1 amide bonds. The molecule has 2 heterocycles. The van der Waals surface area contributed by atoms with Crippen molar-refractivity contribution in [3.63, 3.8) is 0 Å². The van der Waals surface area contributed by atoms with Crippen LogP contribution in [-0.2, 0) is 0 Å². The van der Waals surface area contributed by atoms with Crippen LogP contribution in [0.4, 0.5) is 10.1 Å². The van der Waals surface area contributed by atoms with Crippen LogP contribution in [0.2, 0.25) is 0 Å². The molecule has 1 fully saturated rings. The van der Waals surface area contributed by atoms with Crippen LogP contribution in [0.25, 0.3) is 21.8 Å². The Hall–Kier alpha value is -2.60. The number of nitrogens with one attached hydrogen (secondary N) is 2. The highest BCUT2D eigenvalue weighted by Gasteiger charge is 2.26. The zero-order valence-corrected chi connectivity index (χ0v) is 14.1. The molecule has 4 N–H and O–H groups in total. The monoisotopic (exact) mass is 340 g/mol. The Morgan fingerprint density at radius 3 is 2.96 bits per heavy atom. The second kappa shape index (κ2) is 6.04. The summed E-state index contributed by atoms with van der Waals surface area (Å²) in [6.45, 7) is 1.53. The topological polar surface area (TPSA) is 74.2 Å². The number of benzene rings is 2. The molecule has 1 aliphatic rings. The van der Waals surface area contributed by atoms with Crippen molar-refractivity contribution >= 4 is 33.4 Å². The number of hydrogen-bond donors (Lipinski definition) is 3. The third-order valence-corrected chi connectivity index (χ3v) is 5.12. The first-order chi connectivity index (χ1) is 12.1. The fraction of sp³-hybridized carbons (Fsp3) is 0.316. The molecule has 5 nitrogen and oxygen atoms in total. The van der Waals surface area contributed by atoms with E-state index in [1.807, 2.05) is 31.3 Å². The van der Waals surface area contributed by atoms with Crippen LogP contribution in [0.15, 0.2) is 30.3 Å². The van der Waals surface area contributed by atoms with Gasteiger partial charge in [-0.3, -0.25) is 4.79 Å². The first-order valence-corrected chi connectivity index (χ1v) is 8.55. The number of aromatic nitrogens is 1. The van der Waals surface area contributed by atoms with Gasteiger partial charge >= 0.3 is 0 Å². The summed E-state index contributed by atoms with van der Waals surface area (Å²) >= 11 is 0. The number of hydrogen-bond acceptors (Lipinski definition) is 3. The number of fused-ring (bicyclic) bond motifs is 3. The average molecular weight is 340 g/mol. The van der Waals surface area contributed by atoms with Crippen LogP contribution in [-0.4, -0.2) is 37.1 Å². The highest BCUT2D eigenvalue weighted by Crippen LogP contribution is 2.38. The first-order valence-electron chi connectivity index (χ1n) is 8.55. The number of piperidine rings is 1. The van der Waals surface area contributed by atoms with E-state index < -0.39 is 11.7 Å². The largest absolute Gasteiger partial charge is 0.367 e. The highest BCUT2D eigenvalue weighted by atomic mass is 19.1. The standard InChI is InChI=1S/C19H21FN4O/c1-22-11-5-4-8-24(10-11)18-14(20)9-13(19(21)25)17-16(18)12-6-2-3-7-15(12)23-17/h2-3,6-7,9,11,22-23H,4-5,8,10H2,1H3,(H2,21,25)/t11-/m0/s1. The minimum atomic E-state index is -0.631. The highest BCUT2D eigenvalue weighted by molar-refractivity contribution is 6.19. The van der Waals surface area contributed by atoms with Gasteiger partial charge in [0.15, 0.2) is 0 Å². The Morgan fingerprint density at radius 2 is 2.20 bits per heavy atom. The van der Waals surface area contributed by atoms with Crippen LogP contribution < -0.4 is 16.0 Å². The molecule has 2 aromatic carbocycles. The molecule has 0 radical (unpaired) electrons. The number of rotatable bonds is 3. The third kappa shape index (κ3) is 2.53. The van der Waals surface area contributed by atoms with Crippen molar-refractivity contribution < 1.29 is 9.18 Å². The van der Waals surface area contributed by atoms with Crippen molar-refractivity contribution in [1.29, 1.82) is 0 Å². The molecule has 4 rings (SSSR count). The van der Waals surface area contributed by atoms with E-state index in [0.29, 0.717) is 17.2 Å². The quantitative estimate of drug-likeness (QED) is 0.686. The molecule has 1 atom stereocenters. The number of nitrogens with zero attached hydrogens (tertiary/aromatic N) is 1. The Kier molecular flexibility index (Phi) is 3.84. The van der Waals surface area contributed by atoms with Gasteiger partial charge in [-0.25, -0.2) is 4.39 Å². The molecule has 3 aromatic rings. The van der Waals surface area contributed by atoms with E-state index in [9.17, 15) is 4.79 Å². The van der Waals surface area contributed by atoms with E-state index in [4.69, 9.17) is 5.73 Å². The van der Waals surface area contributed by atoms with Crippen molar-refractivity contribution in [2.75, 3.05) is 25.0 Å². The zero-order valence-electron chi connectivity index (χ0n) is 14.1. The SMILES string of the molecule is CN[C@H]1CCCN(c2c(F)cc(C(N)=O)c3[nH]c4ccccc4c23)C1. The fourth-order valence-electron chi connectivity index (χ4n) is 3.90. The van der Waals surface area contributed by atoms with Crippen molar-refractivity contribution in [3.8, 4) is 0 Å². The van der Waals surface area contributed by atoms with Crippen LogP contribution in [0.3, 0.4) is 0 Å². The molecule has 25 heavy (non-hydrogen) atoms. The normalized spacial score (nSPS) is 18.2. The van der Waals surface area contributed by atoms with Gasteiger partial charge in [-0.2, -0.15) is 0 Å². The number of carbonyl (C=O) groups excluding carboxylic acids is 1. The minimum absolute atomic E-state index is 0.189. The second-order valence-electron chi connectivity index (χ2n) is 6.61. The van der Waals surface area contributed by atoms with E-state index >= 15 is 4.39 Å². The predicted molar refractivity (Wildman–Crippen MR) is 98.6 cm³/mol. The summed E-state index contributed by atoms with van der Waals surface area (Å²) in [4.78, 5) is 17.2. The molecule has 1 saturated heterocycles. The molecule has 1 aromatic heterocycles. The number of H-pyrrole nitrogens is 1. The Balaban J connectivity index is 2.02. The number of nitrogens with two attached hydrogens (primary N) is 1. The summed E-state index contributed by atoms with van der Waals surface area (Å²) in [5.74, 6) is -1.03. The first kappa shape index (κ1) is 15.9. The number of carbonyl (C=O) groups is 1. The fourth-order valence-corrected chi connectivity index (χ4v) is 3.90. The lowest BCUT2D eigenvalue weighted by molar-refractivity contribution is 0.100. The molecule has 0 aliphatic carbocycles. The minimum Gasteiger partial charge on any atom is -0.367 e. The number of aromatic amines is 1. The smallest absolute Gasteiger partial charge is 0.250 e. The molecule has 0 bridgehead atoms. The molecule has 6 heteroatoms. The number of para-hydroxylation sites is 1. The molecule has 1 aliphatic heterocycles. The van der Waals surface area contributed by atoms with Gasteiger partial charge in [0, 0.05) is 35.4 Å². The van der Waals surface area contributed by atoms with Crippen LogP contribution in [0, 0.1) is 5.82 Å². The molecular formula is C19H21FN4O. The van der Waals surface area contributed by atoms with Gasteiger partial charge < -0.3 is 20.9 Å². The van der Waals surface area contributed by atoms with Gasteiger partial charge in [0.1, 0.15) is 5.82 Å². The van der Waals surface area contributed by atoms with Gasteiger partial charge in [0.05, 0.1) is 16.8 Å². The number of amides is 1.